The molecule has 0 heterocycles. The first kappa shape index (κ1) is 60.4. The topological polar surface area (TPSA) is 69.6 Å². The maximum atomic E-state index is 12.4. The smallest absolute Gasteiger partial charge is 0.220 e. The molecule has 0 aliphatic rings. The number of hydrogen-bond donors (Lipinski definition) is 3. The maximum absolute atomic E-state index is 12.4. The zero-order valence-corrected chi connectivity index (χ0v) is 41.9. The van der Waals surface area contributed by atoms with E-state index in [1.165, 1.54) is 238 Å². The molecule has 2 unspecified atom stereocenters. The molecule has 0 bridgehead atoms. The van der Waals surface area contributed by atoms with Crippen molar-refractivity contribution >= 4 is 5.91 Å². The summed E-state index contributed by atoms with van der Waals surface area (Å²) >= 11 is 0. The van der Waals surface area contributed by atoms with E-state index >= 15 is 0 Å². The highest BCUT2D eigenvalue weighted by molar-refractivity contribution is 5.76. The van der Waals surface area contributed by atoms with Gasteiger partial charge in [-0.15, -0.1) is 0 Å². The Hall–Kier alpha value is -1.65. The second-order valence-electron chi connectivity index (χ2n) is 19.0. The quantitative estimate of drug-likeness (QED) is 0.0421. The first-order valence-corrected chi connectivity index (χ1v) is 27.9. The molecule has 0 spiro atoms. The Kier molecular flexibility index (Phi) is 52.3. The van der Waals surface area contributed by atoms with E-state index in [1.54, 1.807) is 6.08 Å². The molecule has 0 aromatic heterocycles. The summed E-state index contributed by atoms with van der Waals surface area (Å²) < 4.78 is 0. The molecule has 0 aromatic carbocycles. The average molecular weight is 869 g/mol. The Morgan fingerprint density at radius 2 is 0.677 bits per heavy atom. The van der Waals surface area contributed by atoms with E-state index in [2.05, 4.69) is 55.6 Å². The minimum absolute atomic E-state index is 0.0765. The number of allylic oxidation sites excluding steroid dienone is 7. The molecule has 4 nitrogen and oxygen atoms in total. The zero-order valence-electron chi connectivity index (χ0n) is 41.9. The van der Waals surface area contributed by atoms with E-state index in [0.29, 0.717) is 6.42 Å². The lowest BCUT2D eigenvalue weighted by Gasteiger charge is -2.19. The van der Waals surface area contributed by atoms with Gasteiger partial charge in [0.05, 0.1) is 18.8 Å². The minimum atomic E-state index is -0.866. The summed E-state index contributed by atoms with van der Waals surface area (Å²) in [6.45, 7) is 4.29. The fraction of sp³-hybridized carbons (Fsp3) is 0.845. The molecule has 4 heteroatoms. The van der Waals surface area contributed by atoms with Crippen molar-refractivity contribution in [3.63, 3.8) is 0 Å². The van der Waals surface area contributed by atoms with E-state index in [0.717, 1.165) is 38.5 Å². The number of rotatable bonds is 51. The normalized spacial score (nSPS) is 13.2. The molecule has 0 aliphatic heterocycles. The summed E-state index contributed by atoms with van der Waals surface area (Å²) in [5.41, 5.74) is 0. The summed E-state index contributed by atoms with van der Waals surface area (Å²) in [6.07, 6.45) is 74.2. The monoisotopic (exact) mass is 868 g/mol. The summed E-state index contributed by atoms with van der Waals surface area (Å²) in [6, 6.07) is -0.643. The fourth-order valence-electron chi connectivity index (χ4n) is 8.52. The van der Waals surface area contributed by atoms with Gasteiger partial charge in [-0.1, -0.05) is 274 Å². The van der Waals surface area contributed by atoms with Crippen molar-refractivity contribution in [1.29, 1.82) is 0 Å². The van der Waals surface area contributed by atoms with Gasteiger partial charge in [0.1, 0.15) is 0 Å². The highest BCUT2D eigenvalue weighted by atomic mass is 16.3. The van der Waals surface area contributed by atoms with Crippen LogP contribution in [0.25, 0.3) is 0 Å². The van der Waals surface area contributed by atoms with Gasteiger partial charge in [-0.3, -0.25) is 4.79 Å². The number of amides is 1. The molecular weight excluding hydrogens is 759 g/mol. The van der Waals surface area contributed by atoms with E-state index in [-0.39, 0.29) is 12.5 Å². The second kappa shape index (κ2) is 53.7. The lowest BCUT2D eigenvalue weighted by molar-refractivity contribution is -0.123. The first-order valence-electron chi connectivity index (χ1n) is 27.9. The average Bonchev–Trinajstić information content (AvgIpc) is 3.28. The van der Waals surface area contributed by atoms with E-state index in [9.17, 15) is 15.0 Å². The third kappa shape index (κ3) is 49.4. The van der Waals surface area contributed by atoms with Crippen molar-refractivity contribution in [2.75, 3.05) is 6.61 Å². The van der Waals surface area contributed by atoms with Crippen LogP contribution < -0.4 is 5.32 Å². The van der Waals surface area contributed by atoms with Crippen LogP contribution >= 0.6 is 0 Å². The van der Waals surface area contributed by atoms with Crippen LogP contribution in [-0.4, -0.2) is 34.9 Å². The third-order valence-electron chi connectivity index (χ3n) is 12.8. The van der Waals surface area contributed by atoms with Crippen molar-refractivity contribution in [1.82, 2.24) is 5.32 Å². The van der Waals surface area contributed by atoms with Crippen molar-refractivity contribution in [2.24, 2.45) is 0 Å². The molecule has 0 fully saturated rings. The molecule has 0 saturated heterocycles. The summed E-state index contributed by atoms with van der Waals surface area (Å²) in [5, 5.41) is 23.1. The molecule has 0 aromatic rings. The van der Waals surface area contributed by atoms with Crippen LogP contribution in [0.1, 0.15) is 296 Å². The van der Waals surface area contributed by atoms with Crippen molar-refractivity contribution in [3.8, 4) is 0 Å². The zero-order chi connectivity index (χ0) is 44.9. The van der Waals surface area contributed by atoms with Crippen molar-refractivity contribution < 1.29 is 15.0 Å². The number of nitrogens with one attached hydrogen (secondary N) is 1. The Labute approximate surface area is 388 Å². The van der Waals surface area contributed by atoms with Crippen LogP contribution in [0.5, 0.6) is 0 Å². The van der Waals surface area contributed by atoms with Crippen molar-refractivity contribution in [3.05, 3.63) is 48.6 Å². The predicted octanol–water partition coefficient (Wildman–Crippen LogP) is 18.3. The van der Waals surface area contributed by atoms with Gasteiger partial charge in [-0.05, 0) is 64.2 Å². The van der Waals surface area contributed by atoms with Gasteiger partial charge in [0.25, 0.3) is 0 Å². The molecule has 62 heavy (non-hydrogen) atoms. The van der Waals surface area contributed by atoms with Crippen LogP contribution in [0.4, 0.5) is 0 Å². The van der Waals surface area contributed by atoms with Gasteiger partial charge in [0.2, 0.25) is 5.91 Å². The van der Waals surface area contributed by atoms with E-state index in [4.69, 9.17) is 0 Å². The second-order valence-corrected chi connectivity index (χ2v) is 19.0. The Balaban J connectivity index is 3.51. The highest BCUT2D eigenvalue weighted by Crippen LogP contribution is 2.17. The van der Waals surface area contributed by atoms with E-state index in [1.807, 2.05) is 6.08 Å². The van der Waals surface area contributed by atoms with Crippen LogP contribution in [0.2, 0.25) is 0 Å². The highest BCUT2D eigenvalue weighted by Gasteiger charge is 2.18. The molecule has 0 aliphatic carbocycles. The Bertz CT molecular complexity index is 985. The number of hydrogen-bond acceptors (Lipinski definition) is 3. The molecule has 0 radical (unpaired) electrons. The van der Waals surface area contributed by atoms with Crippen LogP contribution in [0.3, 0.4) is 0 Å². The summed E-state index contributed by atoms with van der Waals surface area (Å²) in [4.78, 5) is 12.4. The molecule has 1 amide bonds. The number of carbonyl (C=O) groups excluding carboxylic acids is 1. The molecular formula is C58H109NO3. The molecule has 0 saturated carbocycles. The standard InChI is InChI=1S/C58H109NO3/c1-3-5-7-9-11-13-15-17-19-21-23-24-25-26-27-28-29-30-31-32-33-34-36-37-39-41-43-45-47-49-51-53-57(61)56(55-60)59-58(62)54-52-50-48-46-44-42-40-38-35-22-20-18-16-14-12-10-8-6-4-2/h12,14,18,20,43,45,51,53,56-57,60-61H,3-11,13,15-17,19,21-42,44,46-50,52,54-55H2,1-2H3,(H,59,62)/b14-12-,20-18-,45-43+,53-51+. The van der Waals surface area contributed by atoms with Gasteiger partial charge >= 0.3 is 0 Å². The predicted molar refractivity (Wildman–Crippen MR) is 276 cm³/mol. The van der Waals surface area contributed by atoms with Crippen LogP contribution in [-0.2, 0) is 4.79 Å². The van der Waals surface area contributed by atoms with Gasteiger partial charge in [-0.2, -0.15) is 0 Å². The van der Waals surface area contributed by atoms with E-state index < -0.39 is 12.1 Å². The first-order chi connectivity index (χ1) is 30.7. The molecule has 364 valence electrons. The molecule has 3 N–H and O–H groups in total. The summed E-state index contributed by atoms with van der Waals surface area (Å²) in [5.74, 6) is -0.0765. The molecule has 0 rings (SSSR count). The maximum Gasteiger partial charge on any atom is 0.220 e. The molecule has 2 atom stereocenters. The van der Waals surface area contributed by atoms with Gasteiger partial charge in [-0.25, -0.2) is 0 Å². The largest absolute Gasteiger partial charge is 0.394 e. The van der Waals surface area contributed by atoms with Gasteiger partial charge < -0.3 is 15.5 Å². The Morgan fingerprint density at radius 3 is 1.06 bits per heavy atom. The van der Waals surface area contributed by atoms with Crippen LogP contribution in [0, 0.1) is 0 Å². The number of carbonyl (C=O) groups is 1. The SMILES string of the molecule is CCCCC/C=C\C/C=C\CCCCCCCCCCCC(=O)NC(CO)C(O)/C=C/CC/C=C/CCCCCCCCCCCCCCCCCCCCCCCCCCC. The number of aliphatic hydroxyl groups is 2. The third-order valence-corrected chi connectivity index (χ3v) is 12.8. The van der Waals surface area contributed by atoms with Gasteiger partial charge in [0.15, 0.2) is 0 Å². The minimum Gasteiger partial charge on any atom is -0.394 e. The van der Waals surface area contributed by atoms with Crippen LogP contribution in [0.15, 0.2) is 48.6 Å². The Morgan fingerprint density at radius 1 is 0.387 bits per heavy atom. The number of aliphatic hydroxyl groups excluding tert-OH is 2. The lowest BCUT2D eigenvalue weighted by atomic mass is 10.0. The fourth-order valence-corrected chi connectivity index (χ4v) is 8.52. The van der Waals surface area contributed by atoms with Crippen molar-refractivity contribution in [2.45, 2.75) is 309 Å². The number of unbranched alkanes of at least 4 members (excludes halogenated alkanes) is 38. The summed E-state index contributed by atoms with van der Waals surface area (Å²) in [7, 11) is 0. The van der Waals surface area contributed by atoms with Gasteiger partial charge in [0, 0.05) is 6.42 Å². The lowest BCUT2D eigenvalue weighted by Crippen LogP contribution is -2.45.